The van der Waals surface area contributed by atoms with Gasteiger partial charge < -0.3 is 14.8 Å². The van der Waals surface area contributed by atoms with Crippen molar-refractivity contribution in [2.75, 3.05) is 31.0 Å². The number of aromatic nitrogens is 3. The van der Waals surface area contributed by atoms with E-state index in [1.54, 1.807) is 7.11 Å². The van der Waals surface area contributed by atoms with E-state index in [9.17, 15) is 9.59 Å². The van der Waals surface area contributed by atoms with Crippen molar-refractivity contribution in [1.82, 2.24) is 14.8 Å². The summed E-state index contributed by atoms with van der Waals surface area (Å²) in [6.07, 6.45) is -0.00290. The Bertz CT molecular complexity index is 848. The molecule has 0 unspecified atom stereocenters. The Kier molecular flexibility index (Phi) is 5.82. The van der Waals surface area contributed by atoms with Gasteiger partial charge in [0.25, 0.3) is 0 Å². The Morgan fingerprint density at radius 1 is 1.37 bits per heavy atom. The van der Waals surface area contributed by atoms with E-state index in [0.29, 0.717) is 24.7 Å². The molecular weight excluding hydrogens is 350 g/mol. The first-order valence-corrected chi connectivity index (χ1v) is 8.68. The van der Waals surface area contributed by atoms with Crippen molar-refractivity contribution in [2.24, 2.45) is 0 Å². The van der Waals surface area contributed by atoms with Crippen LogP contribution in [-0.2, 0) is 25.7 Å². The molecule has 9 heteroatoms. The van der Waals surface area contributed by atoms with Gasteiger partial charge in [0, 0.05) is 12.8 Å². The number of methoxy groups -OCH3 is 1. The number of amides is 2. The van der Waals surface area contributed by atoms with Crippen molar-refractivity contribution < 1.29 is 19.1 Å². The smallest absolute Gasteiger partial charge is 0.249 e. The average Bonchev–Trinajstić information content (AvgIpc) is 3.03. The fourth-order valence-electron chi connectivity index (χ4n) is 2.85. The zero-order chi connectivity index (χ0) is 19.4. The lowest BCUT2D eigenvalue weighted by atomic mass is 10.1. The Hall–Kier alpha value is -2.78. The molecule has 9 nitrogen and oxygen atoms in total. The van der Waals surface area contributed by atoms with Crippen LogP contribution in [0.15, 0.2) is 18.2 Å². The van der Waals surface area contributed by atoms with Gasteiger partial charge in [-0.25, -0.2) is 4.68 Å². The SMILES string of the molecule is COCCOCc1nc2n(n1)[C@@H](C(=O)Nc1ccc(C)cc1C)CC(=O)N2. The number of nitrogens with zero attached hydrogens (tertiary/aromatic N) is 3. The average molecular weight is 373 g/mol. The third kappa shape index (κ3) is 4.50. The molecule has 0 radical (unpaired) electrons. The fourth-order valence-corrected chi connectivity index (χ4v) is 2.85. The highest BCUT2D eigenvalue weighted by atomic mass is 16.5. The van der Waals surface area contributed by atoms with Gasteiger partial charge in [0.2, 0.25) is 17.8 Å². The lowest BCUT2D eigenvalue weighted by molar-refractivity contribution is -0.125. The molecule has 27 heavy (non-hydrogen) atoms. The standard InChI is InChI=1S/C18H23N5O4/c1-11-4-5-13(12(2)8-11)19-17(25)14-9-16(24)21-18-20-15(22-23(14)18)10-27-7-6-26-3/h4-5,8,14H,6-7,9-10H2,1-3H3,(H,19,25)(H,20,21,22,24)/t14-/m1/s1. The third-order valence-corrected chi connectivity index (χ3v) is 4.21. The van der Waals surface area contributed by atoms with Crippen LogP contribution in [0.4, 0.5) is 11.6 Å². The van der Waals surface area contributed by atoms with Crippen molar-refractivity contribution in [3.8, 4) is 0 Å². The van der Waals surface area contributed by atoms with Crippen LogP contribution >= 0.6 is 0 Å². The minimum absolute atomic E-state index is 0.00290. The van der Waals surface area contributed by atoms with Crippen LogP contribution in [0, 0.1) is 13.8 Å². The Morgan fingerprint density at radius 2 is 2.19 bits per heavy atom. The molecular formula is C18H23N5O4. The number of rotatable bonds is 7. The number of carbonyl (C=O) groups is 2. The molecule has 0 bridgehead atoms. The van der Waals surface area contributed by atoms with E-state index >= 15 is 0 Å². The van der Waals surface area contributed by atoms with E-state index in [0.717, 1.165) is 11.1 Å². The molecule has 0 fully saturated rings. The molecule has 1 aliphatic heterocycles. The van der Waals surface area contributed by atoms with Crippen molar-refractivity contribution >= 4 is 23.5 Å². The summed E-state index contributed by atoms with van der Waals surface area (Å²) in [5, 5.41) is 9.85. The maximum atomic E-state index is 12.8. The monoisotopic (exact) mass is 373 g/mol. The Morgan fingerprint density at radius 3 is 2.93 bits per heavy atom. The number of fused-ring (bicyclic) bond motifs is 1. The molecule has 2 heterocycles. The highest BCUT2D eigenvalue weighted by Gasteiger charge is 2.33. The fraction of sp³-hybridized carbons (Fsp3) is 0.444. The minimum atomic E-state index is -0.769. The molecule has 3 rings (SSSR count). The molecule has 2 aromatic rings. The van der Waals surface area contributed by atoms with Gasteiger partial charge >= 0.3 is 0 Å². The van der Waals surface area contributed by atoms with Gasteiger partial charge in [-0.15, -0.1) is 0 Å². The second kappa shape index (κ2) is 8.28. The van der Waals surface area contributed by atoms with E-state index in [1.807, 2.05) is 32.0 Å². The first kappa shape index (κ1) is 19.0. The maximum absolute atomic E-state index is 12.8. The number of benzene rings is 1. The first-order chi connectivity index (χ1) is 13.0. The topological polar surface area (TPSA) is 107 Å². The highest BCUT2D eigenvalue weighted by Crippen LogP contribution is 2.25. The summed E-state index contributed by atoms with van der Waals surface area (Å²) >= 11 is 0. The number of hydrogen-bond acceptors (Lipinski definition) is 6. The van der Waals surface area contributed by atoms with Gasteiger partial charge in [0.15, 0.2) is 5.82 Å². The summed E-state index contributed by atoms with van der Waals surface area (Å²) in [6, 6.07) is 4.99. The normalized spacial score (nSPS) is 16.0. The van der Waals surface area contributed by atoms with Crippen LogP contribution in [0.2, 0.25) is 0 Å². The van der Waals surface area contributed by atoms with E-state index in [1.165, 1.54) is 4.68 Å². The molecule has 0 spiro atoms. The number of hydrogen-bond donors (Lipinski definition) is 2. The van der Waals surface area contributed by atoms with Crippen LogP contribution in [-0.4, -0.2) is 46.9 Å². The van der Waals surface area contributed by atoms with E-state index in [2.05, 4.69) is 20.7 Å². The maximum Gasteiger partial charge on any atom is 0.249 e. The molecule has 0 saturated heterocycles. The van der Waals surface area contributed by atoms with Gasteiger partial charge in [0.05, 0.1) is 19.6 Å². The summed E-state index contributed by atoms with van der Waals surface area (Å²) < 4.78 is 11.8. The minimum Gasteiger partial charge on any atom is -0.382 e. The van der Waals surface area contributed by atoms with Gasteiger partial charge in [-0.3, -0.25) is 14.9 Å². The summed E-state index contributed by atoms with van der Waals surface area (Å²) in [5.74, 6) is 0.0577. The third-order valence-electron chi connectivity index (χ3n) is 4.21. The Balaban J connectivity index is 1.75. The van der Waals surface area contributed by atoms with Gasteiger partial charge in [-0.05, 0) is 25.5 Å². The van der Waals surface area contributed by atoms with Crippen LogP contribution < -0.4 is 10.6 Å². The van der Waals surface area contributed by atoms with Gasteiger partial charge in [-0.1, -0.05) is 17.7 Å². The van der Waals surface area contributed by atoms with E-state index < -0.39 is 6.04 Å². The van der Waals surface area contributed by atoms with Gasteiger partial charge in [-0.2, -0.15) is 10.1 Å². The molecule has 2 amide bonds. The van der Waals surface area contributed by atoms with Crippen LogP contribution in [0.1, 0.15) is 29.4 Å². The summed E-state index contributed by atoms with van der Waals surface area (Å²) in [4.78, 5) is 29.0. The van der Waals surface area contributed by atoms with Crippen molar-refractivity contribution in [3.05, 3.63) is 35.2 Å². The first-order valence-electron chi connectivity index (χ1n) is 8.68. The number of aryl methyl sites for hydroxylation is 2. The van der Waals surface area contributed by atoms with Crippen molar-refractivity contribution in [1.29, 1.82) is 0 Å². The molecule has 1 atom stereocenters. The van der Waals surface area contributed by atoms with Crippen molar-refractivity contribution in [3.63, 3.8) is 0 Å². The number of ether oxygens (including phenoxy) is 2. The van der Waals surface area contributed by atoms with Crippen LogP contribution in [0.25, 0.3) is 0 Å². The summed E-state index contributed by atoms with van der Waals surface area (Å²) in [6.45, 7) is 4.95. The number of anilines is 2. The molecule has 0 aliphatic carbocycles. The number of carbonyl (C=O) groups excluding carboxylic acids is 2. The second-order valence-electron chi connectivity index (χ2n) is 6.42. The predicted molar refractivity (Wildman–Crippen MR) is 98.4 cm³/mol. The lowest BCUT2D eigenvalue weighted by Gasteiger charge is -2.22. The molecule has 144 valence electrons. The largest absolute Gasteiger partial charge is 0.382 e. The van der Waals surface area contributed by atoms with E-state index in [4.69, 9.17) is 9.47 Å². The predicted octanol–water partition coefficient (Wildman–Crippen LogP) is 1.58. The van der Waals surface area contributed by atoms with Crippen molar-refractivity contribution in [2.45, 2.75) is 32.9 Å². The number of nitrogens with one attached hydrogen (secondary N) is 2. The lowest BCUT2D eigenvalue weighted by Crippen LogP contribution is -2.36. The van der Waals surface area contributed by atoms with E-state index in [-0.39, 0.29) is 30.8 Å². The molecule has 1 aliphatic rings. The molecule has 1 aromatic carbocycles. The van der Waals surface area contributed by atoms with Gasteiger partial charge in [0.1, 0.15) is 12.6 Å². The van der Waals surface area contributed by atoms with Crippen LogP contribution in [0.3, 0.4) is 0 Å². The zero-order valence-corrected chi connectivity index (χ0v) is 15.6. The summed E-state index contributed by atoms with van der Waals surface area (Å²) in [5.41, 5.74) is 2.77. The Labute approximate surface area is 157 Å². The molecule has 0 saturated carbocycles. The quantitative estimate of drug-likeness (QED) is 0.714. The van der Waals surface area contributed by atoms with Crippen LogP contribution in [0.5, 0.6) is 0 Å². The second-order valence-corrected chi connectivity index (χ2v) is 6.42. The highest BCUT2D eigenvalue weighted by molar-refractivity contribution is 6.01. The zero-order valence-electron chi connectivity index (χ0n) is 15.6. The molecule has 1 aromatic heterocycles. The molecule has 2 N–H and O–H groups in total. The summed E-state index contributed by atoms with van der Waals surface area (Å²) in [7, 11) is 1.59.